The van der Waals surface area contributed by atoms with Crippen LogP contribution < -0.4 is 0 Å². The molecule has 0 aliphatic carbocycles. The zero-order valence-electron chi connectivity index (χ0n) is 15.4. The van der Waals surface area contributed by atoms with Crippen molar-refractivity contribution in [3.05, 3.63) is 47.8 Å². The highest BCUT2D eigenvalue weighted by atomic mass is 16.5. The largest absolute Gasteiger partial charge is 0.383 e. The molecule has 1 amide bonds. The van der Waals surface area contributed by atoms with Crippen molar-refractivity contribution in [2.24, 2.45) is 0 Å². The van der Waals surface area contributed by atoms with Crippen molar-refractivity contribution >= 4 is 5.91 Å². The Hall–Kier alpha value is -2.25. The van der Waals surface area contributed by atoms with Gasteiger partial charge in [-0.25, -0.2) is 4.98 Å². The highest BCUT2D eigenvalue weighted by Gasteiger charge is 2.25. The van der Waals surface area contributed by atoms with Crippen LogP contribution in [-0.2, 0) is 22.6 Å². The number of amides is 1. The van der Waals surface area contributed by atoms with E-state index in [1.54, 1.807) is 31.6 Å². The summed E-state index contributed by atoms with van der Waals surface area (Å²) in [5, 5.41) is 0. The van der Waals surface area contributed by atoms with E-state index in [1.807, 2.05) is 18.0 Å². The SMILES string of the molecule is COCCn1c(C)cnc1COC1CCCN(C(=O)c2ccncc2)C1. The average Bonchev–Trinajstić information content (AvgIpc) is 3.04. The van der Waals surface area contributed by atoms with Crippen LogP contribution in [0.25, 0.3) is 0 Å². The van der Waals surface area contributed by atoms with Crippen molar-refractivity contribution in [2.75, 3.05) is 26.8 Å². The number of hydrogen-bond donors (Lipinski definition) is 0. The number of rotatable bonds is 7. The molecule has 1 saturated heterocycles. The molecule has 0 saturated carbocycles. The minimum Gasteiger partial charge on any atom is -0.383 e. The van der Waals surface area contributed by atoms with Gasteiger partial charge in [-0.3, -0.25) is 9.78 Å². The Morgan fingerprint density at radius 1 is 1.35 bits per heavy atom. The van der Waals surface area contributed by atoms with Crippen LogP contribution in [0, 0.1) is 6.92 Å². The number of aryl methyl sites for hydroxylation is 1. The van der Waals surface area contributed by atoms with Crippen LogP contribution in [-0.4, -0.2) is 58.3 Å². The number of imidazole rings is 1. The maximum absolute atomic E-state index is 12.6. The fourth-order valence-corrected chi connectivity index (χ4v) is 3.24. The van der Waals surface area contributed by atoms with E-state index in [2.05, 4.69) is 14.5 Å². The van der Waals surface area contributed by atoms with Crippen LogP contribution in [0.4, 0.5) is 0 Å². The van der Waals surface area contributed by atoms with Crippen molar-refractivity contribution in [2.45, 2.75) is 39.0 Å². The smallest absolute Gasteiger partial charge is 0.254 e. The number of nitrogens with zero attached hydrogens (tertiary/aromatic N) is 4. The first kappa shape index (κ1) is 18.5. The van der Waals surface area contributed by atoms with Gasteiger partial charge in [0.15, 0.2) is 0 Å². The molecule has 3 heterocycles. The van der Waals surface area contributed by atoms with Gasteiger partial charge in [-0.1, -0.05) is 0 Å². The van der Waals surface area contributed by atoms with E-state index in [1.165, 1.54) is 0 Å². The molecule has 0 N–H and O–H groups in total. The third kappa shape index (κ3) is 4.47. The van der Waals surface area contributed by atoms with Gasteiger partial charge in [-0.15, -0.1) is 0 Å². The maximum Gasteiger partial charge on any atom is 0.254 e. The topological polar surface area (TPSA) is 69.5 Å². The standard InChI is InChI=1S/C19H26N4O3/c1-15-12-21-18(23(15)10-11-25-2)14-26-17-4-3-9-22(13-17)19(24)16-5-7-20-8-6-16/h5-8,12,17H,3-4,9-11,13-14H2,1-2H3. The number of carbonyl (C=O) groups is 1. The van der Waals surface area contributed by atoms with Gasteiger partial charge in [-0.05, 0) is 31.9 Å². The molecule has 0 aromatic carbocycles. The summed E-state index contributed by atoms with van der Waals surface area (Å²) in [6.07, 6.45) is 7.08. The first-order valence-electron chi connectivity index (χ1n) is 9.00. The van der Waals surface area contributed by atoms with Crippen molar-refractivity contribution in [3.63, 3.8) is 0 Å². The zero-order chi connectivity index (χ0) is 18.4. The summed E-state index contributed by atoms with van der Waals surface area (Å²) < 4.78 is 13.4. The summed E-state index contributed by atoms with van der Waals surface area (Å²) in [5.41, 5.74) is 1.77. The lowest BCUT2D eigenvalue weighted by Crippen LogP contribution is -2.43. The van der Waals surface area contributed by atoms with Crippen LogP contribution in [0.5, 0.6) is 0 Å². The van der Waals surface area contributed by atoms with Gasteiger partial charge >= 0.3 is 0 Å². The minimum absolute atomic E-state index is 0.0300. The summed E-state index contributed by atoms with van der Waals surface area (Å²) in [4.78, 5) is 22.9. The van der Waals surface area contributed by atoms with Crippen molar-refractivity contribution in [1.82, 2.24) is 19.4 Å². The third-order valence-electron chi connectivity index (χ3n) is 4.70. The number of carbonyl (C=O) groups excluding carboxylic acids is 1. The molecule has 7 heteroatoms. The molecule has 140 valence electrons. The number of ether oxygens (including phenoxy) is 2. The molecular weight excluding hydrogens is 332 g/mol. The van der Waals surface area contributed by atoms with Gasteiger partial charge in [0, 0.05) is 56.6 Å². The Kier molecular flexibility index (Phi) is 6.35. The molecule has 1 atom stereocenters. The van der Waals surface area contributed by atoms with E-state index in [0.717, 1.165) is 37.4 Å². The number of aromatic nitrogens is 3. The molecule has 7 nitrogen and oxygen atoms in total. The summed E-state index contributed by atoms with van der Waals surface area (Å²) in [6.45, 7) is 5.25. The molecule has 1 aliphatic heterocycles. The predicted octanol–water partition coefficient (Wildman–Crippen LogP) is 2.05. The summed E-state index contributed by atoms with van der Waals surface area (Å²) in [6, 6.07) is 3.50. The summed E-state index contributed by atoms with van der Waals surface area (Å²) >= 11 is 0. The second kappa shape index (κ2) is 8.91. The summed E-state index contributed by atoms with van der Waals surface area (Å²) in [5.74, 6) is 0.940. The van der Waals surface area contributed by atoms with E-state index in [9.17, 15) is 4.79 Å². The van der Waals surface area contributed by atoms with Gasteiger partial charge in [-0.2, -0.15) is 0 Å². The molecular formula is C19H26N4O3. The summed E-state index contributed by atoms with van der Waals surface area (Å²) in [7, 11) is 1.69. The van der Waals surface area contributed by atoms with E-state index >= 15 is 0 Å². The normalized spacial score (nSPS) is 17.5. The quantitative estimate of drug-likeness (QED) is 0.758. The molecule has 1 fully saturated rings. The average molecular weight is 358 g/mol. The molecule has 26 heavy (non-hydrogen) atoms. The number of pyridine rings is 1. The van der Waals surface area contributed by atoms with Gasteiger partial charge < -0.3 is 18.9 Å². The fraction of sp³-hybridized carbons (Fsp3) is 0.526. The van der Waals surface area contributed by atoms with Gasteiger partial charge in [0.05, 0.1) is 12.7 Å². The van der Waals surface area contributed by atoms with Gasteiger partial charge in [0.2, 0.25) is 0 Å². The van der Waals surface area contributed by atoms with Crippen molar-refractivity contribution in [1.29, 1.82) is 0 Å². The van der Waals surface area contributed by atoms with E-state index in [-0.39, 0.29) is 12.0 Å². The lowest BCUT2D eigenvalue weighted by molar-refractivity contribution is -0.0103. The Morgan fingerprint density at radius 3 is 2.92 bits per heavy atom. The first-order valence-corrected chi connectivity index (χ1v) is 9.00. The lowest BCUT2D eigenvalue weighted by Gasteiger charge is -2.32. The third-order valence-corrected chi connectivity index (χ3v) is 4.70. The van der Waals surface area contributed by atoms with E-state index in [4.69, 9.17) is 9.47 Å². The second-order valence-electron chi connectivity index (χ2n) is 6.52. The molecule has 2 aromatic heterocycles. The maximum atomic E-state index is 12.6. The monoisotopic (exact) mass is 358 g/mol. The number of likely N-dealkylation sites (tertiary alicyclic amines) is 1. The van der Waals surface area contributed by atoms with Crippen molar-refractivity contribution in [3.8, 4) is 0 Å². The molecule has 3 rings (SSSR count). The Balaban J connectivity index is 1.57. The molecule has 0 bridgehead atoms. The predicted molar refractivity (Wildman–Crippen MR) is 96.8 cm³/mol. The first-order chi connectivity index (χ1) is 12.7. The molecule has 0 spiro atoms. The number of piperidine rings is 1. The Morgan fingerprint density at radius 2 is 2.15 bits per heavy atom. The Bertz CT molecular complexity index is 717. The second-order valence-corrected chi connectivity index (χ2v) is 6.52. The highest BCUT2D eigenvalue weighted by Crippen LogP contribution is 2.17. The minimum atomic E-state index is 0.0300. The van der Waals surface area contributed by atoms with Crippen molar-refractivity contribution < 1.29 is 14.3 Å². The fourth-order valence-electron chi connectivity index (χ4n) is 3.24. The zero-order valence-corrected chi connectivity index (χ0v) is 15.4. The number of methoxy groups -OCH3 is 1. The van der Waals surface area contributed by atoms with Crippen LogP contribution in [0.1, 0.15) is 34.7 Å². The Labute approximate surface area is 154 Å². The van der Waals surface area contributed by atoms with Gasteiger partial charge in [0.1, 0.15) is 12.4 Å². The van der Waals surface area contributed by atoms with Crippen LogP contribution >= 0.6 is 0 Å². The van der Waals surface area contributed by atoms with Gasteiger partial charge in [0.25, 0.3) is 5.91 Å². The highest BCUT2D eigenvalue weighted by molar-refractivity contribution is 5.94. The van der Waals surface area contributed by atoms with Crippen LogP contribution in [0.15, 0.2) is 30.7 Å². The molecule has 1 unspecified atom stereocenters. The van der Waals surface area contributed by atoms with Crippen LogP contribution in [0.3, 0.4) is 0 Å². The molecule has 0 radical (unpaired) electrons. The molecule has 2 aromatic rings. The van der Waals surface area contributed by atoms with E-state index in [0.29, 0.717) is 25.3 Å². The van der Waals surface area contributed by atoms with E-state index < -0.39 is 0 Å². The van der Waals surface area contributed by atoms with Crippen LogP contribution in [0.2, 0.25) is 0 Å². The number of hydrogen-bond acceptors (Lipinski definition) is 5. The lowest BCUT2D eigenvalue weighted by atomic mass is 10.1. The molecule has 1 aliphatic rings.